The first-order valence-electron chi connectivity index (χ1n) is 7.68. The molecule has 0 spiro atoms. The van der Waals surface area contributed by atoms with Crippen molar-refractivity contribution in [2.24, 2.45) is 0 Å². The van der Waals surface area contributed by atoms with Crippen LogP contribution in [0.5, 0.6) is 5.75 Å². The molecule has 5 nitrogen and oxygen atoms in total. The Morgan fingerprint density at radius 1 is 1.12 bits per heavy atom. The smallest absolute Gasteiger partial charge is 0.264 e. The number of Topliss-reactive ketones (excluding diaryl/α,β-unsaturated/α-hetero) is 1. The molecule has 6 heteroatoms. The normalized spacial score (nSPS) is 14.0. The average molecular weight is 345 g/mol. The second kappa shape index (κ2) is 5.94. The number of fused-ring (bicyclic) bond motifs is 1. The molecule has 0 aliphatic carbocycles. The van der Waals surface area contributed by atoms with Gasteiger partial charge in [0.05, 0.1) is 17.1 Å². The largest absolute Gasteiger partial charge is 0.489 e. The quantitative estimate of drug-likeness (QED) is 0.802. The van der Waals surface area contributed by atoms with Crippen molar-refractivity contribution >= 4 is 21.5 Å². The number of ketones is 1. The molecule has 24 heavy (non-hydrogen) atoms. The molecule has 0 fully saturated rings. The third kappa shape index (κ3) is 2.78. The van der Waals surface area contributed by atoms with Gasteiger partial charge in [-0.15, -0.1) is 0 Å². The number of nitrogens with zero attached hydrogens (tertiary/aromatic N) is 1. The van der Waals surface area contributed by atoms with Gasteiger partial charge in [0.2, 0.25) is 0 Å². The van der Waals surface area contributed by atoms with E-state index >= 15 is 0 Å². The SMILES string of the molecule is CC(=O)c1ccc(S(=O)(=O)N2CCOc3cc(C)cc(C)c32)cc1. The average Bonchev–Trinajstić information content (AvgIpc) is 2.54. The van der Waals surface area contributed by atoms with E-state index in [9.17, 15) is 13.2 Å². The molecular weight excluding hydrogens is 326 g/mol. The van der Waals surface area contributed by atoms with Gasteiger partial charge in [-0.05, 0) is 50.1 Å². The highest BCUT2D eigenvalue weighted by Crippen LogP contribution is 2.38. The highest BCUT2D eigenvalue weighted by molar-refractivity contribution is 7.92. The van der Waals surface area contributed by atoms with E-state index in [1.165, 1.54) is 23.4 Å². The van der Waals surface area contributed by atoms with Crippen LogP contribution >= 0.6 is 0 Å². The van der Waals surface area contributed by atoms with Crippen LogP contribution in [0.15, 0.2) is 41.3 Å². The Balaban J connectivity index is 2.08. The maximum absolute atomic E-state index is 13.1. The van der Waals surface area contributed by atoms with E-state index in [4.69, 9.17) is 4.74 Å². The van der Waals surface area contributed by atoms with Gasteiger partial charge in [-0.1, -0.05) is 18.2 Å². The molecule has 0 N–H and O–H groups in total. The van der Waals surface area contributed by atoms with Crippen LogP contribution < -0.4 is 9.04 Å². The van der Waals surface area contributed by atoms with E-state index in [0.717, 1.165) is 11.1 Å². The van der Waals surface area contributed by atoms with E-state index in [0.29, 0.717) is 23.6 Å². The highest BCUT2D eigenvalue weighted by Gasteiger charge is 2.31. The zero-order chi connectivity index (χ0) is 17.5. The summed E-state index contributed by atoms with van der Waals surface area (Å²) in [6, 6.07) is 9.82. The van der Waals surface area contributed by atoms with E-state index in [1.54, 1.807) is 12.1 Å². The molecule has 1 aliphatic heterocycles. The summed E-state index contributed by atoms with van der Waals surface area (Å²) in [7, 11) is -3.71. The molecule has 126 valence electrons. The van der Waals surface area contributed by atoms with Crippen molar-refractivity contribution in [2.45, 2.75) is 25.7 Å². The maximum Gasteiger partial charge on any atom is 0.264 e. The molecule has 0 saturated carbocycles. The Kier molecular flexibility index (Phi) is 4.09. The summed E-state index contributed by atoms with van der Waals surface area (Å²) in [5, 5.41) is 0. The van der Waals surface area contributed by atoms with Gasteiger partial charge in [0, 0.05) is 5.56 Å². The van der Waals surface area contributed by atoms with Crippen molar-refractivity contribution in [1.82, 2.24) is 0 Å². The number of rotatable bonds is 3. The van der Waals surface area contributed by atoms with Crippen LogP contribution in [-0.2, 0) is 10.0 Å². The third-order valence-electron chi connectivity index (χ3n) is 4.06. The van der Waals surface area contributed by atoms with Crippen molar-refractivity contribution in [2.75, 3.05) is 17.5 Å². The second-order valence-corrected chi connectivity index (χ2v) is 7.80. The van der Waals surface area contributed by atoms with E-state index < -0.39 is 10.0 Å². The zero-order valence-corrected chi connectivity index (χ0v) is 14.7. The Hall–Kier alpha value is -2.34. The summed E-state index contributed by atoms with van der Waals surface area (Å²) in [5.41, 5.74) is 2.95. The number of benzene rings is 2. The fourth-order valence-electron chi connectivity index (χ4n) is 2.93. The van der Waals surface area contributed by atoms with Crippen molar-refractivity contribution in [3.8, 4) is 5.75 Å². The number of ether oxygens (including phenoxy) is 1. The van der Waals surface area contributed by atoms with Crippen LogP contribution in [0, 0.1) is 13.8 Å². The molecule has 0 atom stereocenters. The van der Waals surface area contributed by atoms with Gasteiger partial charge in [-0.2, -0.15) is 0 Å². The van der Waals surface area contributed by atoms with Crippen LogP contribution in [0.2, 0.25) is 0 Å². The predicted octanol–water partition coefficient (Wildman–Crippen LogP) is 3.09. The number of carbonyl (C=O) groups is 1. The minimum absolute atomic E-state index is 0.0954. The summed E-state index contributed by atoms with van der Waals surface area (Å²) in [6.45, 7) is 5.84. The number of anilines is 1. The molecule has 0 amide bonds. The fourth-order valence-corrected chi connectivity index (χ4v) is 4.45. The van der Waals surface area contributed by atoms with E-state index in [1.807, 2.05) is 26.0 Å². The molecule has 0 saturated heterocycles. The molecule has 2 aromatic carbocycles. The van der Waals surface area contributed by atoms with Crippen LogP contribution in [0.4, 0.5) is 5.69 Å². The number of hydrogen-bond donors (Lipinski definition) is 0. The van der Waals surface area contributed by atoms with Crippen molar-refractivity contribution in [1.29, 1.82) is 0 Å². The van der Waals surface area contributed by atoms with Gasteiger partial charge in [0.1, 0.15) is 12.4 Å². The van der Waals surface area contributed by atoms with Gasteiger partial charge in [-0.25, -0.2) is 8.42 Å². The van der Waals surface area contributed by atoms with Gasteiger partial charge in [0.25, 0.3) is 10.0 Å². The summed E-state index contributed by atoms with van der Waals surface area (Å²) in [6.07, 6.45) is 0. The minimum atomic E-state index is -3.71. The third-order valence-corrected chi connectivity index (χ3v) is 5.87. The summed E-state index contributed by atoms with van der Waals surface area (Å²) < 4.78 is 33.1. The lowest BCUT2D eigenvalue weighted by Crippen LogP contribution is -2.38. The van der Waals surface area contributed by atoms with Crippen molar-refractivity contribution in [3.63, 3.8) is 0 Å². The molecule has 3 rings (SSSR count). The number of hydrogen-bond acceptors (Lipinski definition) is 4. The topological polar surface area (TPSA) is 63.7 Å². The number of sulfonamides is 1. The van der Waals surface area contributed by atoms with Crippen molar-refractivity contribution < 1.29 is 17.9 Å². The van der Waals surface area contributed by atoms with Crippen molar-refractivity contribution in [3.05, 3.63) is 53.1 Å². The van der Waals surface area contributed by atoms with Crippen LogP contribution in [-0.4, -0.2) is 27.4 Å². The van der Waals surface area contributed by atoms with Crippen LogP contribution in [0.3, 0.4) is 0 Å². The Morgan fingerprint density at radius 2 is 1.79 bits per heavy atom. The predicted molar refractivity (Wildman–Crippen MR) is 92.4 cm³/mol. The Labute approximate surface area is 141 Å². The van der Waals surface area contributed by atoms with Crippen LogP contribution in [0.1, 0.15) is 28.4 Å². The summed E-state index contributed by atoms with van der Waals surface area (Å²) in [5.74, 6) is 0.490. The summed E-state index contributed by atoms with van der Waals surface area (Å²) in [4.78, 5) is 11.5. The molecule has 2 aromatic rings. The maximum atomic E-state index is 13.1. The Morgan fingerprint density at radius 3 is 2.42 bits per heavy atom. The zero-order valence-electron chi connectivity index (χ0n) is 13.9. The van der Waals surface area contributed by atoms with Gasteiger partial charge in [0.15, 0.2) is 5.78 Å². The monoisotopic (exact) mass is 345 g/mol. The second-order valence-electron chi connectivity index (χ2n) is 5.93. The highest BCUT2D eigenvalue weighted by atomic mass is 32.2. The minimum Gasteiger partial charge on any atom is -0.489 e. The van der Waals surface area contributed by atoms with Gasteiger partial charge in [-0.3, -0.25) is 9.10 Å². The fraction of sp³-hybridized carbons (Fsp3) is 0.278. The summed E-state index contributed by atoms with van der Waals surface area (Å²) >= 11 is 0. The lowest BCUT2D eigenvalue weighted by molar-refractivity contribution is 0.101. The number of carbonyl (C=O) groups excluding carboxylic acids is 1. The molecule has 0 bridgehead atoms. The first-order valence-corrected chi connectivity index (χ1v) is 9.12. The molecule has 0 unspecified atom stereocenters. The lowest BCUT2D eigenvalue weighted by atomic mass is 10.1. The van der Waals surface area contributed by atoms with Crippen LogP contribution in [0.25, 0.3) is 0 Å². The Bertz CT molecular complexity index is 901. The molecule has 0 radical (unpaired) electrons. The first kappa shape index (κ1) is 16.5. The molecular formula is C18H19NO4S. The van der Waals surface area contributed by atoms with Gasteiger partial charge >= 0.3 is 0 Å². The standard InChI is InChI=1S/C18H19NO4S/c1-12-10-13(2)18-17(11-12)23-9-8-19(18)24(21,22)16-6-4-15(5-7-16)14(3)20/h4-7,10-11H,8-9H2,1-3H3. The molecule has 1 heterocycles. The molecule has 1 aliphatic rings. The van der Waals surface area contributed by atoms with E-state index in [-0.39, 0.29) is 17.2 Å². The molecule has 0 aromatic heterocycles. The lowest BCUT2D eigenvalue weighted by Gasteiger charge is -2.32. The van der Waals surface area contributed by atoms with E-state index in [2.05, 4.69) is 0 Å². The number of aryl methyl sites for hydroxylation is 2. The van der Waals surface area contributed by atoms with Gasteiger partial charge < -0.3 is 4.74 Å². The first-order chi connectivity index (χ1) is 11.3.